The van der Waals surface area contributed by atoms with Crippen molar-refractivity contribution in [2.75, 3.05) is 6.54 Å². The zero-order valence-corrected chi connectivity index (χ0v) is 11.4. The summed E-state index contributed by atoms with van der Waals surface area (Å²) in [4.78, 5) is 0. The fourth-order valence-corrected chi connectivity index (χ4v) is 2.66. The maximum Gasteiger partial charge on any atom is 0.164 e. The minimum absolute atomic E-state index is 0.0529. The van der Waals surface area contributed by atoms with E-state index in [1.54, 1.807) is 0 Å². The van der Waals surface area contributed by atoms with Crippen LogP contribution in [0.4, 0.5) is 0 Å². The lowest BCUT2D eigenvalue weighted by Gasteiger charge is -2.25. The molecule has 0 saturated heterocycles. The molecule has 0 aliphatic heterocycles. The molecule has 1 saturated carbocycles. The van der Waals surface area contributed by atoms with E-state index < -0.39 is 0 Å². The molecule has 0 bridgehead atoms. The zero-order chi connectivity index (χ0) is 11.4. The Hall–Kier alpha value is -0.0700. The van der Waals surface area contributed by atoms with Crippen LogP contribution in [-0.2, 0) is 6.54 Å². The molecule has 3 nitrogen and oxygen atoms in total. The normalized spacial score (nSPS) is 25.9. The maximum atomic E-state index is 9.40. The predicted molar refractivity (Wildman–Crippen MR) is 71.1 cm³/mol. The van der Waals surface area contributed by atoms with Gasteiger partial charge in [0.05, 0.1) is 12.6 Å². The zero-order valence-electron chi connectivity index (χ0n) is 9.29. The molecular weight excluding hydrogens is 317 g/mol. The van der Waals surface area contributed by atoms with Gasteiger partial charge >= 0.3 is 0 Å². The average Bonchev–Trinajstić information content (AvgIpc) is 2.67. The molecule has 4 heteroatoms. The minimum Gasteiger partial charge on any atom is -0.454 e. The Morgan fingerprint density at radius 1 is 1.31 bits per heavy atom. The molecule has 0 atom stereocenters. The number of hydrogen-bond donors (Lipinski definition) is 2. The van der Waals surface area contributed by atoms with Crippen LogP contribution in [-0.4, -0.2) is 17.8 Å². The van der Waals surface area contributed by atoms with Gasteiger partial charge in [0.25, 0.3) is 0 Å². The summed E-state index contributed by atoms with van der Waals surface area (Å²) in [7, 11) is 0. The van der Waals surface area contributed by atoms with E-state index in [4.69, 9.17) is 4.42 Å². The van der Waals surface area contributed by atoms with Gasteiger partial charge < -0.3 is 14.8 Å². The predicted octanol–water partition coefficient (Wildman–Crippen LogP) is 2.52. The fourth-order valence-electron chi connectivity index (χ4n) is 2.20. The minimum atomic E-state index is -0.0529. The molecule has 1 fully saturated rings. The summed E-state index contributed by atoms with van der Waals surface area (Å²) < 4.78 is 6.41. The highest BCUT2D eigenvalue weighted by molar-refractivity contribution is 14.1. The summed E-state index contributed by atoms with van der Waals surface area (Å²) in [6, 6.07) is 3.99. The van der Waals surface area contributed by atoms with E-state index in [-0.39, 0.29) is 6.10 Å². The van der Waals surface area contributed by atoms with Gasteiger partial charge in [-0.3, -0.25) is 0 Å². The Balaban J connectivity index is 1.64. The fraction of sp³-hybridized carbons (Fsp3) is 0.667. The molecule has 0 amide bonds. The number of nitrogens with one attached hydrogen (secondary N) is 1. The van der Waals surface area contributed by atoms with Gasteiger partial charge in [0.1, 0.15) is 5.76 Å². The van der Waals surface area contributed by atoms with Gasteiger partial charge in [-0.25, -0.2) is 0 Å². The SMILES string of the molecule is OC1CCC(CNCc2ccc(I)o2)CC1. The Kier molecular flexibility index (Phi) is 4.66. The largest absolute Gasteiger partial charge is 0.454 e. The summed E-state index contributed by atoms with van der Waals surface area (Å²) >= 11 is 2.18. The topological polar surface area (TPSA) is 45.4 Å². The lowest BCUT2D eigenvalue weighted by molar-refractivity contribution is 0.108. The third-order valence-electron chi connectivity index (χ3n) is 3.18. The van der Waals surface area contributed by atoms with Crippen LogP contribution in [0.5, 0.6) is 0 Å². The molecule has 0 aromatic carbocycles. The first-order chi connectivity index (χ1) is 7.74. The Labute approximate surface area is 110 Å². The molecule has 1 aromatic heterocycles. The lowest BCUT2D eigenvalue weighted by atomic mass is 9.87. The van der Waals surface area contributed by atoms with E-state index in [1.807, 2.05) is 12.1 Å². The van der Waals surface area contributed by atoms with Crippen LogP contribution < -0.4 is 5.32 Å². The number of furan rings is 1. The highest BCUT2D eigenvalue weighted by Crippen LogP contribution is 2.23. The Bertz CT molecular complexity index is 319. The summed E-state index contributed by atoms with van der Waals surface area (Å²) in [6.07, 6.45) is 4.16. The molecule has 1 aliphatic carbocycles. The maximum absolute atomic E-state index is 9.40. The monoisotopic (exact) mass is 335 g/mol. The van der Waals surface area contributed by atoms with E-state index in [1.165, 1.54) is 0 Å². The molecule has 0 unspecified atom stereocenters. The number of hydrogen-bond acceptors (Lipinski definition) is 3. The van der Waals surface area contributed by atoms with Gasteiger partial charge in [0.2, 0.25) is 0 Å². The van der Waals surface area contributed by atoms with Crippen LogP contribution in [0.2, 0.25) is 0 Å². The van der Waals surface area contributed by atoms with Crippen LogP contribution in [0.1, 0.15) is 31.4 Å². The van der Waals surface area contributed by atoms with Crippen molar-refractivity contribution in [1.82, 2.24) is 5.32 Å². The van der Waals surface area contributed by atoms with Crippen molar-refractivity contribution in [2.24, 2.45) is 5.92 Å². The molecule has 16 heavy (non-hydrogen) atoms. The quantitative estimate of drug-likeness (QED) is 0.832. The molecule has 1 aromatic rings. The van der Waals surface area contributed by atoms with Crippen molar-refractivity contribution in [3.05, 3.63) is 21.7 Å². The smallest absolute Gasteiger partial charge is 0.164 e. The molecule has 0 spiro atoms. The van der Waals surface area contributed by atoms with Crippen LogP contribution >= 0.6 is 22.6 Å². The van der Waals surface area contributed by atoms with Gasteiger partial charge in [0.15, 0.2) is 3.77 Å². The first-order valence-corrected chi connectivity index (χ1v) is 6.95. The van der Waals surface area contributed by atoms with Crippen LogP contribution in [0, 0.1) is 9.68 Å². The number of halogens is 1. The number of aliphatic hydroxyl groups excluding tert-OH is 1. The van der Waals surface area contributed by atoms with Gasteiger partial charge in [0, 0.05) is 0 Å². The van der Waals surface area contributed by atoms with Gasteiger partial charge in [-0.2, -0.15) is 0 Å². The molecular formula is C12H18INO2. The van der Waals surface area contributed by atoms with Crippen molar-refractivity contribution in [3.8, 4) is 0 Å². The van der Waals surface area contributed by atoms with E-state index >= 15 is 0 Å². The van der Waals surface area contributed by atoms with E-state index in [0.29, 0.717) is 0 Å². The van der Waals surface area contributed by atoms with Crippen LogP contribution in [0.25, 0.3) is 0 Å². The van der Waals surface area contributed by atoms with Crippen LogP contribution in [0.15, 0.2) is 16.5 Å². The standard InChI is InChI=1S/C12H18INO2/c13-12-6-5-11(16-12)8-14-7-9-1-3-10(15)4-2-9/h5-6,9-10,14-15H,1-4,7-8H2. The highest BCUT2D eigenvalue weighted by atomic mass is 127. The second kappa shape index (κ2) is 6.02. The Morgan fingerprint density at radius 3 is 2.69 bits per heavy atom. The van der Waals surface area contributed by atoms with Crippen molar-refractivity contribution in [2.45, 2.75) is 38.3 Å². The molecule has 1 aliphatic rings. The third-order valence-corrected chi connectivity index (χ3v) is 3.76. The molecule has 90 valence electrons. The molecule has 1 heterocycles. The van der Waals surface area contributed by atoms with Gasteiger partial charge in [-0.15, -0.1) is 0 Å². The van der Waals surface area contributed by atoms with E-state index in [2.05, 4.69) is 27.9 Å². The molecule has 2 rings (SSSR count). The number of rotatable bonds is 4. The summed E-state index contributed by atoms with van der Waals surface area (Å²) in [5.41, 5.74) is 0. The second-order valence-electron chi connectivity index (χ2n) is 4.51. The Morgan fingerprint density at radius 2 is 2.06 bits per heavy atom. The third kappa shape index (κ3) is 3.75. The average molecular weight is 335 g/mol. The van der Waals surface area contributed by atoms with E-state index in [9.17, 15) is 5.11 Å². The first kappa shape index (κ1) is 12.4. The van der Waals surface area contributed by atoms with Gasteiger partial charge in [-0.05, 0) is 72.9 Å². The first-order valence-electron chi connectivity index (χ1n) is 5.87. The van der Waals surface area contributed by atoms with Crippen molar-refractivity contribution >= 4 is 22.6 Å². The summed E-state index contributed by atoms with van der Waals surface area (Å²) in [6.45, 7) is 1.84. The molecule has 0 radical (unpaired) electrons. The lowest BCUT2D eigenvalue weighted by Crippen LogP contribution is -2.27. The van der Waals surface area contributed by atoms with Crippen LogP contribution in [0.3, 0.4) is 0 Å². The van der Waals surface area contributed by atoms with Crippen molar-refractivity contribution in [1.29, 1.82) is 0 Å². The second-order valence-corrected chi connectivity index (χ2v) is 5.57. The summed E-state index contributed by atoms with van der Waals surface area (Å²) in [5, 5.41) is 12.8. The highest BCUT2D eigenvalue weighted by Gasteiger charge is 2.18. The number of aliphatic hydroxyl groups is 1. The van der Waals surface area contributed by atoms with Crippen molar-refractivity contribution in [3.63, 3.8) is 0 Å². The summed E-state index contributed by atoms with van der Waals surface area (Å²) in [5.74, 6) is 1.72. The van der Waals surface area contributed by atoms with Crippen molar-refractivity contribution < 1.29 is 9.52 Å². The van der Waals surface area contributed by atoms with E-state index in [0.717, 1.165) is 54.2 Å². The van der Waals surface area contributed by atoms with Gasteiger partial charge in [-0.1, -0.05) is 0 Å². The molecule has 2 N–H and O–H groups in total.